The van der Waals surface area contributed by atoms with E-state index in [1.165, 1.54) is 0 Å². The second-order valence-electron chi connectivity index (χ2n) is 7.38. The largest absolute Gasteiger partial charge is 0.357 e. The summed E-state index contributed by atoms with van der Waals surface area (Å²) >= 11 is 1.63. The summed E-state index contributed by atoms with van der Waals surface area (Å²) in [5, 5.41) is 7.39. The third-order valence-electron chi connectivity index (χ3n) is 3.53. The molecule has 0 aliphatic heterocycles. The molecule has 0 amide bonds. The van der Waals surface area contributed by atoms with Crippen LogP contribution in [0.5, 0.6) is 0 Å². The molecule has 0 atom stereocenters. The first-order valence-corrected chi connectivity index (χ1v) is 11.5. The van der Waals surface area contributed by atoms with Crippen molar-refractivity contribution >= 4 is 27.3 Å². The zero-order valence-corrected chi connectivity index (χ0v) is 18.7. The van der Waals surface area contributed by atoms with Crippen molar-refractivity contribution in [2.45, 2.75) is 58.1 Å². The number of thiazole rings is 1. The molecule has 0 fully saturated rings. The van der Waals surface area contributed by atoms with Gasteiger partial charge in [0.25, 0.3) is 0 Å². The van der Waals surface area contributed by atoms with E-state index in [1.807, 2.05) is 46.9 Å². The Morgan fingerprint density at radius 2 is 1.93 bits per heavy atom. The van der Waals surface area contributed by atoms with E-state index in [2.05, 4.69) is 25.3 Å². The van der Waals surface area contributed by atoms with Crippen LogP contribution in [0.2, 0.25) is 0 Å². The van der Waals surface area contributed by atoms with Crippen molar-refractivity contribution in [2.75, 3.05) is 6.54 Å². The maximum Gasteiger partial charge on any atom is 0.241 e. The zero-order chi connectivity index (χ0) is 20.8. The number of aliphatic imine (C=N–C) groups is 1. The Kier molecular flexibility index (Phi) is 7.56. The lowest BCUT2D eigenvalue weighted by Gasteiger charge is -2.21. The van der Waals surface area contributed by atoms with Gasteiger partial charge in [-0.3, -0.25) is 0 Å². The number of benzene rings is 1. The molecule has 7 nitrogen and oxygen atoms in total. The maximum atomic E-state index is 12.8. The molecule has 2 aromatic rings. The number of aryl methyl sites for hydroxylation is 1. The molecule has 1 heterocycles. The van der Waals surface area contributed by atoms with Crippen LogP contribution in [0.3, 0.4) is 0 Å². The van der Waals surface area contributed by atoms with Gasteiger partial charge in [0.05, 0.1) is 18.0 Å². The molecule has 1 aromatic carbocycles. The topological polar surface area (TPSA) is 95.5 Å². The van der Waals surface area contributed by atoms with Crippen LogP contribution in [0.1, 0.15) is 43.1 Å². The minimum Gasteiger partial charge on any atom is -0.357 e. The van der Waals surface area contributed by atoms with Crippen LogP contribution in [-0.2, 0) is 23.1 Å². The van der Waals surface area contributed by atoms with Crippen molar-refractivity contribution < 1.29 is 8.42 Å². The molecule has 0 aliphatic rings. The molecular weight excluding hydrogens is 394 g/mol. The summed E-state index contributed by atoms with van der Waals surface area (Å²) in [6.07, 6.45) is 1.84. The van der Waals surface area contributed by atoms with E-state index in [9.17, 15) is 8.42 Å². The molecule has 154 valence electrons. The predicted octanol–water partition coefficient (Wildman–Crippen LogP) is 2.78. The molecule has 3 N–H and O–H groups in total. The summed E-state index contributed by atoms with van der Waals surface area (Å²) in [4.78, 5) is 10.3. The number of sulfonamides is 1. The first-order valence-electron chi connectivity index (χ1n) is 9.16. The van der Waals surface area contributed by atoms with Gasteiger partial charge in [0.1, 0.15) is 5.01 Å². The highest BCUT2D eigenvalue weighted by Crippen LogP contribution is 2.18. The Bertz CT molecular complexity index is 914. The molecule has 0 saturated heterocycles. The average Bonchev–Trinajstić information content (AvgIpc) is 3.01. The van der Waals surface area contributed by atoms with Crippen molar-refractivity contribution in [3.8, 4) is 0 Å². The quantitative estimate of drug-likeness (QED) is 0.470. The number of guanidine groups is 1. The lowest BCUT2D eigenvalue weighted by atomic mass is 10.1. The molecule has 0 saturated carbocycles. The van der Waals surface area contributed by atoms with Crippen LogP contribution in [0.4, 0.5) is 0 Å². The number of aromatic nitrogens is 1. The smallest absolute Gasteiger partial charge is 0.241 e. The molecular formula is C19H29N5O2S2. The summed E-state index contributed by atoms with van der Waals surface area (Å²) in [6.45, 7) is 11.0. The molecule has 2 rings (SSSR count). The third kappa shape index (κ3) is 6.88. The van der Waals surface area contributed by atoms with Crippen molar-refractivity contribution in [1.29, 1.82) is 0 Å². The van der Waals surface area contributed by atoms with Gasteiger partial charge in [0, 0.05) is 23.2 Å². The van der Waals surface area contributed by atoms with Crippen LogP contribution < -0.4 is 15.4 Å². The van der Waals surface area contributed by atoms with E-state index in [4.69, 9.17) is 0 Å². The van der Waals surface area contributed by atoms with E-state index >= 15 is 0 Å². The number of nitrogens with one attached hydrogen (secondary N) is 3. The predicted molar refractivity (Wildman–Crippen MR) is 115 cm³/mol. The SMILES string of the molecule is CCNC(=NCc1ccccc1S(=O)(=O)NC(C)(C)C)NCc1ncc(C)s1. The van der Waals surface area contributed by atoms with Crippen LogP contribution in [0.25, 0.3) is 0 Å². The van der Waals surface area contributed by atoms with E-state index < -0.39 is 15.6 Å². The van der Waals surface area contributed by atoms with Crippen LogP contribution in [0, 0.1) is 6.92 Å². The fraction of sp³-hybridized carbons (Fsp3) is 0.474. The first-order chi connectivity index (χ1) is 13.1. The molecule has 28 heavy (non-hydrogen) atoms. The van der Waals surface area contributed by atoms with Gasteiger partial charge in [-0.05, 0) is 46.2 Å². The highest BCUT2D eigenvalue weighted by Gasteiger charge is 2.24. The van der Waals surface area contributed by atoms with E-state index in [-0.39, 0.29) is 11.4 Å². The Morgan fingerprint density at radius 1 is 1.21 bits per heavy atom. The first kappa shape index (κ1) is 22.3. The monoisotopic (exact) mass is 423 g/mol. The summed E-state index contributed by atoms with van der Waals surface area (Å²) < 4.78 is 28.2. The van der Waals surface area contributed by atoms with E-state index in [1.54, 1.807) is 29.5 Å². The Morgan fingerprint density at radius 3 is 2.54 bits per heavy atom. The van der Waals surface area contributed by atoms with Gasteiger partial charge >= 0.3 is 0 Å². The molecule has 0 spiro atoms. The second-order valence-corrected chi connectivity index (χ2v) is 10.3. The third-order valence-corrected chi connectivity index (χ3v) is 6.30. The zero-order valence-electron chi connectivity index (χ0n) is 17.0. The lowest BCUT2D eigenvalue weighted by Crippen LogP contribution is -2.40. The fourth-order valence-corrected chi connectivity index (χ4v) is 4.88. The molecule has 9 heteroatoms. The number of nitrogens with zero attached hydrogens (tertiary/aromatic N) is 2. The van der Waals surface area contributed by atoms with E-state index in [0.717, 1.165) is 9.88 Å². The Hall–Kier alpha value is -1.97. The summed E-state index contributed by atoms with van der Waals surface area (Å²) in [7, 11) is -3.63. The van der Waals surface area contributed by atoms with Crippen molar-refractivity contribution in [2.24, 2.45) is 4.99 Å². The minimum absolute atomic E-state index is 0.244. The molecule has 0 unspecified atom stereocenters. The Labute approximate surface area is 171 Å². The fourth-order valence-electron chi connectivity index (χ4n) is 2.50. The van der Waals surface area contributed by atoms with Crippen LogP contribution in [0.15, 0.2) is 40.4 Å². The lowest BCUT2D eigenvalue weighted by molar-refractivity contribution is 0.491. The summed E-state index contributed by atoms with van der Waals surface area (Å²) in [5.41, 5.74) is 0.0823. The summed E-state index contributed by atoms with van der Waals surface area (Å²) in [6, 6.07) is 6.93. The van der Waals surface area contributed by atoms with Crippen LogP contribution >= 0.6 is 11.3 Å². The van der Waals surface area contributed by atoms with Gasteiger partial charge in [-0.25, -0.2) is 23.1 Å². The second kappa shape index (κ2) is 9.49. The Balaban J connectivity index is 2.18. The summed E-state index contributed by atoms with van der Waals surface area (Å²) in [5.74, 6) is 0.617. The molecule has 0 radical (unpaired) electrons. The van der Waals surface area contributed by atoms with E-state index in [0.29, 0.717) is 24.6 Å². The highest BCUT2D eigenvalue weighted by molar-refractivity contribution is 7.89. The van der Waals surface area contributed by atoms with Crippen molar-refractivity contribution in [1.82, 2.24) is 20.3 Å². The van der Waals surface area contributed by atoms with Gasteiger partial charge in [-0.15, -0.1) is 11.3 Å². The van der Waals surface area contributed by atoms with Gasteiger partial charge in [0.2, 0.25) is 10.0 Å². The molecule has 1 aromatic heterocycles. The van der Waals surface area contributed by atoms with Crippen molar-refractivity contribution in [3.05, 3.63) is 45.9 Å². The standard InChI is InChI=1S/C19H29N5O2S2/c1-6-20-18(23-13-17-21-11-14(2)27-17)22-12-15-9-7-8-10-16(15)28(25,26)24-19(3,4)5/h7-11,24H,6,12-13H2,1-5H3,(H2,20,22,23). The maximum absolute atomic E-state index is 12.8. The van der Waals surface area contributed by atoms with Gasteiger partial charge in [-0.2, -0.15) is 0 Å². The van der Waals surface area contributed by atoms with Crippen molar-refractivity contribution in [3.63, 3.8) is 0 Å². The molecule has 0 aliphatic carbocycles. The van der Waals surface area contributed by atoms with Gasteiger partial charge in [-0.1, -0.05) is 18.2 Å². The number of hydrogen-bond acceptors (Lipinski definition) is 5. The average molecular weight is 424 g/mol. The number of rotatable bonds is 7. The number of hydrogen-bond donors (Lipinski definition) is 3. The molecule has 0 bridgehead atoms. The highest BCUT2D eigenvalue weighted by atomic mass is 32.2. The minimum atomic E-state index is -3.63. The normalized spacial score (nSPS) is 12.8. The van der Waals surface area contributed by atoms with Gasteiger partial charge < -0.3 is 10.6 Å². The van der Waals surface area contributed by atoms with Crippen LogP contribution in [-0.4, -0.2) is 31.4 Å². The van der Waals surface area contributed by atoms with Gasteiger partial charge in [0.15, 0.2) is 5.96 Å².